The van der Waals surface area contributed by atoms with Gasteiger partial charge in [0.25, 0.3) is 0 Å². The molecule has 0 spiro atoms. The van der Waals surface area contributed by atoms with Crippen LogP contribution < -0.4 is 10.5 Å². The number of nitrogen functional groups attached to an aromatic ring is 1. The normalized spacial score (nSPS) is 24.3. The van der Waals surface area contributed by atoms with Crippen molar-refractivity contribution in [1.29, 1.82) is 0 Å². The molecule has 0 aromatic heterocycles. The first-order chi connectivity index (χ1) is 9.16. The molecule has 1 aromatic rings. The summed E-state index contributed by atoms with van der Waals surface area (Å²) in [6.45, 7) is 3.17. The van der Waals surface area contributed by atoms with Crippen molar-refractivity contribution >= 4 is 17.4 Å². The molecule has 1 fully saturated rings. The van der Waals surface area contributed by atoms with Crippen LogP contribution in [0.5, 0.6) is 5.75 Å². The Hall–Kier alpha value is -0.910. The highest BCUT2D eigenvalue weighted by Crippen LogP contribution is 2.27. The number of ether oxygens (including phenoxy) is 2. The van der Waals surface area contributed by atoms with Crippen molar-refractivity contribution in [3.05, 3.63) is 24.3 Å². The highest BCUT2D eigenvalue weighted by molar-refractivity contribution is 8.00. The monoisotopic (exact) mass is 283 g/mol. The Morgan fingerprint density at radius 3 is 3.00 bits per heavy atom. The zero-order valence-electron chi connectivity index (χ0n) is 11.1. The van der Waals surface area contributed by atoms with Crippen molar-refractivity contribution in [2.45, 2.75) is 30.8 Å². The van der Waals surface area contributed by atoms with E-state index in [1.54, 1.807) is 17.8 Å². The zero-order chi connectivity index (χ0) is 13.7. The minimum Gasteiger partial charge on any atom is -0.489 e. The fourth-order valence-corrected chi connectivity index (χ4v) is 3.19. The number of nitrogens with two attached hydrogens (primary N) is 1. The van der Waals surface area contributed by atoms with Gasteiger partial charge in [-0.3, -0.25) is 0 Å². The summed E-state index contributed by atoms with van der Waals surface area (Å²) >= 11 is 1.75. The average molecular weight is 283 g/mol. The molecule has 1 saturated heterocycles. The van der Waals surface area contributed by atoms with Crippen molar-refractivity contribution in [2.24, 2.45) is 0 Å². The van der Waals surface area contributed by atoms with Crippen LogP contribution in [-0.4, -0.2) is 41.5 Å². The maximum absolute atomic E-state index is 9.92. The molecule has 1 aliphatic heterocycles. The van der Waals surface area contributed by atoms with Crippen LogP contribution in [0.3, 0.4) is 0 Å². The van der Waals surface area contributed by atoms with E-state index in [4.69, 9.17) is 15.2 Å². The topological polar surface area (TPSA) is 64.7 Å². The highest BCUT2D eigenvalue weighted by Gasteiger charge is 2.25. The smallest absolute Gasteiger partial charge is 0.142 e. The van der Waals surface area contributed by atoms with E-state index in [9.17, 15) is 5.11 Å². The second-order valence-corrected chi connectivity index (χ2v) is 6.01. The van der Waals surface area contributed by atoms with E-state index >= 15 is 0 Å². The summed E-state index contributed by atoms with van der Waals surface area (Å²) in [4.78, 5) is 0. The SMILES string of the molecule is CC1OCCC1SCC(O)COc1ccccc1N. The summed E-state index contributed by atoms with van der Waals surface area (Å²) in [5.41, 5.74) is 6.37. The van der Waals surface area contributed by atoms with E-state index in [0.29, 0.717) is 22.4 Å². The number of rotatable bonds is 6. The Bertz CT molecular complexity index is 402. The molecular formula is C14H21NO3S. The standard InChI is InChI=1S/C14H21NO3S/c1-10-14(6-7-17-10)19-9-11(16)8-18-13-5-3-2-4-12(13)15/h2-5,10-11,14,16H,6-9,15H2,1H3. The van der Waals surface area contributed by atoms with E-state index in [2.05, 4.69) is 6.92 Å². The van der Waals surface area contributed by atoms with Crippen LogP contribution in [0.1, 0.15) is 13.3 Å². The second kappa shape index (κ2) is 7.03. The molecular weight excluding hydrogens is 262 g/mol. The van der Waals surface area contributed by atoms with Gasteiger partial charge in [0, 0.05) is 17.6 Å². The highest BCUT2D eigenvalue weighted by atomic mass is 32.2. The van der Waals surface area contributed by atoms with Crippen LogP contribution in [0.2, 0.25) is 0 Å². The van der Waals surface area contributed by atoms with Crippen LogP contribution in [0.15, 0.2) is 24.3 Å². The van der Waals surface area contributed by atoms with E-state index < -0.39 is 6.10 Å². The average Bonchev–Trinajstić information content (AvgIpc) is 2.81. The van der Waals surface area contributed by atoms with Gasteiger partial charge in [0.05, 0.1) is 17.9 Å². The first kappa shape index (κ1) is 14.5. The number of benzene rings is 1. The molecule has 19 heavy (non-hydrogen) atoms. The summed E-state index contributed by atoms with van der Waals surface area (Å²) in [6, 6.07) is 7.32. The fourth-order valence-electron chi connectivity index (χ4n) is 2.01. The Kier molecular flexibility index (Phi) is 5.36. The molecule has 1 aliphatic rings. The van der Waals surface area contributed by atoms with Gasteiger partial charge < -0.3 is 20.3 Å². The van der Waals surface area contributed by atoms with Crippen LogP contribution in [0.25, 0.3) is 0 Å². The van der Waals surface area contributed by atoms with Gasteiger partial charge in [0.2, 0.25) is 0 Å². The van der Waals surface area contributed by atoms with Crippen LogP contribution in [0, 0.1) is 0 Å². The minimum atomic E-state index is -0.489. The Labute approximate surface area is 118 Å². The van der Waals surface area contributed by atoms with Crippen LogP contribution in [-0.2, 0) is 4.74 Å². The van der Waals surface area contributed by atoms with Gasteiger partial charge in [-0.15, -0.1) is 0 Å². The van der Waals surface area contributed by atoms with Crippen molar-refractivity contribution in [1.82, 2.24) is 0 Å². The number of hydrogen-bond donors (Lipinski definition) is 2. The quantitative estimate of drug-likeness (QED) is 0.781. The Balaban J connectivity index is 1.70. The van der Waals surface area contributed by atoms with E-state index in [1.165, 1.54) is 0 Å². The first-order valence-corrected chi connectivity index (χ1v) is 7.60. The number of thioether (sulfide) groups is 1. The van der Waals surface area contributed by atoms with Crippen LogP contribution in [0.4, 0.5) is 5.69 Å². The van der Waals surface area contributed by atoms with Gasteiger partial charge >= 0.3 is 0 Å². The molecule has 3 atom stereocenters. The summed E-state index contributed by atoms with van der Waals surface area (Å²) in [6.07, 6.45) is 0.852. The largest absolute Gasteiger partial charge is 0.489 e. The Morgan fingerprint density at radius 2 is 2.32 bits per heavy atom. The predicted molar refractivity (Wildman–Crippen MR) is 78.6 cm³/mol. The van der Waals surface area contributed by atoms with E-state index in [-0.39, 0.29) is 12.7 Å². The van der Waals surface area contributed by atoms with Gasteiger partial charge in [-0.1, -0.05) is 12.1 Å². The molecule has 0 aliphatic carbocycles. The molecule has 106 valence electrons. The van der Waals surface area contributed by atoms with Gasteiger partial charge in [-0.2, -0.15) is 11.8 Å². The van der Waals surface area contributed by atoms with Gasteiger partial charge in [-0.25, -0.2) is 0 Å². The first-order valence-electron chi connectivity index (χ1n) is 6.55. The van der Waals surface area contributed by atoms with E-state index in [0.717, 1.165) is 13.0 Å². The molecule has 0 amide bonds. The molecule has 4 nitrogen and oxygen atoms in total. The number of para-hydroxylation sites is 2. The Morgan fingerprint density at radius 1 is 1.53 bits per heavy atom. The summed E-state index contributed by atoms with van der Waals surface area (Å²) < 4.78 is 11.0. The molecule has 1 aromatic carbocycles. The lowest BCUT2D eigenvalue weighted by Gasteiger charge is -2.17. The molecule has 1 heterocycles. The van der Waals surface area contributed by atoms with Gasteiger partial charge in [-0.05, 0) is 25.5 Å². The summed E-state index contributed by atoms with van der Waals surface area (Å²) in [7, 11) is 0. The molecule has 0 bridgehead atoms. The number of anilines is 1. The fraction of sp³-hybridized carbons (Fsp3) is 0.571. The molecule has 3 unspecified atom stereocenters. The van der Waals surface area contributed by atoms with Gasteiger partial charge in [0.1, 0.15) is 12.4 Å². The summed E-state index contributed by atoms with van der Waals surface area (Å²) in [5, 5.41) is 10.4. The second-order valence-electron chi connectivity index (χ2n) is 4.74. The summed E-state index contributed by atoms with van der Waals surface area (Å²) in [5.74, 6) is 1.29. The lowest BCUT2D eigenvalue weighted by atomic mass is 10.3. The van der Waals surface area contributed by atoms with Crippen LogP contribution >= 0.6 is 11.8 Å². The number of aliphatic hydroxyl groups excluding tert-OH is 1. The van der Waals surface area contributed by atoms with Crippen molar-refractivity contribution < 1.29 is 14.6 Å². The third-order valence-electron chi connectivity index (χ3n) is 3.16. The lowest BCUT2D eigenvalue weighted by molar-refractivity contribution is 0.124. The molecule has 0 saturated carbocycles. The number of aliphatic hydroxyl groups is 1. The predicted octanol–water partition coefficient (Wildman–Crippen LogP) is 1.92. The lowest BCUT2D eigenvalue weighted by Crippen LogP contribution is -2.23. The van der Waals surface area contributed by atoms with Gasteiger partial charge in [0.15, 0.2) is 0 Å². The maximum Gasteiger partial charge on any atom is 0.142 e. The number of hydrogen-bond acceptors (Lipinski definition) is 5. The maximum atomic E-state index is 9.92. The molecule has 5 heteroatoms. The molecule has 3 N–H and O–H groups in total. The zero-order valence-corrected chi connectivity index (χ0v) is 11.9. The third-order valence-corrected chi connectivity index (χ3v) is 4.78. The van der Waals surface area contributed by atoms with Crippen molar-refractivity contribution in [3.8, 4) is 5.75 Å². The molecule has 0 radical (unpaired) electrons. The molecule has 2 rings (SSSR count). The van der Waals surface area contributed by atoms with E-state index in [1.807, 2.05) is 18.2 Å². The minimum absolute atomic E-state index is 0.267. The third kappa shape index (κ3) is 4.30. The van der Waals surface area contributed by atoms with Crippen molar-refractivity contribution in [2.75, 3.05) is 24.7 Å². The van der Waals surface area contributed by atoms with Crippen molar-refractivity contribution in [3.63, 3.8) is 0 Å².